The summed E-state index contributed by atoms with van der Waals surface area (Å²) in [7, 11) is 0. The smallest absolute Gasteiger partial charge is 0.221 e. The van der Waals surface area contributed by atoms with Crippen LogP contribution in [0.15, 0.2) is 48.8 Å². The molecule has 0 saturated heterocycles. The molecule has 0 fully saturated rings. The summed E-state index contributed by atoms with van der Waals surface area (Å²) in [6.45, 7) is 0. The zero-order chi connectivity index (χ0) is 12.4. The van der Waals surface area contributed by atoms with Crippen LogP contribution < -0.4 is 4.74 Å². The molecule has 3 aromatic rings. The molecule has 1 aromatic carbocycles. The van der Waals surface area contributed by atoms with Gasteiger partial charge in [-0.2, -0.15) is 4.98 Å². The number of aromatic hydroxyl groups is 1. The minimum atomic E-state index is 0.146. The summed E-state index contributed by atoms with van der Waals surface area (Å²) >= 11 is 0. The molecule has 0 atom stereocenters. The number of hydrogen-bond acceptors (Lipinski definition) is 5. The van der Waals surface area contributed by atoms with Crippen LogP contribution in [0.5, 0.6) is 17.4 Å². The van der Waals surface area contributed by atoms with Crippen LogP contribution in [0, 0.1) is 0 Å². The Labute approximate surface area is 103 Å². The average Bonchev–Trinajstić information content (AvgIpc) is 2.39. The first-order valence-electron chi connectivity index (χ1n) is 5.36. The fourth-order valence-electron chi connectivity index (χ4n) is 1.56. The number of pyridine rings is 1. The zero-order valence-corrected chi connectivity index (χ0v) is 9.32. The van der Waals surface area contributed by atoms with Crippen molar-refractivity contribution in [2.75, 3.05) is 0 Å². The van der Waals surface area contributed by atoms with Crippen LogP contribution in [0.25, 0.3) is 11.2 Å². The van der Waals surface area contributed by atoms with Gasteiger partial charge in [0.05, 0.1) is 0 Å². The Balaban J connectivity index is 1.95. The molecule has 0 spiro atoms. The Hall–Kier alpha value is -2.69. The molecule has 18 heavy (non-hydrogen) atoms. The molecule has 88 valence electrons. The van der Waals surface area contributed by atoms with E-state index in [9.17, 15) is 5.11 Å². The quantitative estimate of drug-likeness (QED) is 0.744. The summed E-state index contributed by atoms with van der Waals surface area (Å²) in [6.07, 6.45) is 3.19. The molecule has 0 saturated carbocycles. The lowest BCUT2D eigenvalue weighted by Gasteiger charge is -2.05. The van der Waals surface area contributed by atoms with Crippen molar-refractivity contribution in [3.05, 3.63) is 48.8 Å². The lowest BCUT2D eigenvalue weighted by molar-refractivity contribution is 0.446. The van der Waals surface area contributed by atoms with Crippen molar-refractivity contribution in [2.24, 2.45) is 0 Å². The number of phenols is 1. The summed E-state index contributed by atoms with van der Waals surface area (Å²) in [5.74, 6) is 1.08. The average molecular weight is 239 g/mol. The third-order valence-corrected chi connectivity index (χ3v) is 2.35. The third-order valence-electron chi connectivity index (χ3n) is 2.35. The summed E-state index contributed by atoms with van der Waals surface area (Å²) < 4.78 is 5.53. The van der Waals surface area contributed by atoms with Crippen molar-refractivity contribution in [1.29, 1.82) is 0 Å². The Morgan fingerprint density at radius 1 is 1.00 bits per heavy atom. The zero-order valence-electron chi connectivity index (χ0n) is 9.32. The van der Waals surface area contributed by atoms with E-state index in [1.165, 1.54) is 6.07 Å². The van der Waals surface area contributed by atoms with Gasteiger partial charge in [-0.25, -0.2) is 4.98 Å². The highest BCUT2D eigenvalue weighted by Gasteiger charge is 2.02. The molecule has 0 radical (unpaired) electrons. The molecule has 2 aromatic heterocycles. The van der Waals surface area contributed by atoms with Crippen LogP contribution in [0.2, 0.25) is 0 Å². The molecule has 0 aliphatic heterocycles. The van der Waals surface area contributed by atoms with Crippen LogP contribution in [0.4, 0.5) is 0 Å². The molecule has 0 aliphatic rings. The molecule has 5 heteroatoms. The van der Waals surface area contributed by atoms with E-state index in [1.807, 2.05) is 0 Å². The number of phenolic OH excluding ortho intramolecular Hbond substituents is 1. The Kier molecular flexibility index (Phi) is 2.49. The van der Waals surface area contributed by atoms with Gasteiger partial charge in [0.2, 0.25) is 5.88 Å². The normalized spacial score (nSPS) is 10.4. The number of hydrogen-bond donors (Lipinski definition) is 1. The second-order valence-corrected chi connectivity index (χ2v) is 3.65. The van der Waals surface area contributed by atoms with E-state index in [4.69, 9.17) is 4.74 Å². The van der Waals surface area contributed by atoms with Gasteiger partial charge >= 0.3 is 0 Å². The van der Waals surface area contributed by atoms with E-state index in [0.717, 1.165) is 0 Å². The van der Waals surface area contributed by atoms with E-state index >= 15 is 0 Å². The largest absolute Gasteiger partial charge is 0.508 e. The molecule has 1 N–H and O–H groups in total. The lowest BCUT2D eigenvalue weighted by Crippen LogP contribution is -1.91. The van der Waals surface area contributed by atoms with Gasteiger partial charge in [0, 0.05) is 24.5 Å². The molecule has 0 aliphatic carbocycles. The predicted molar refractivity (Wildman–Crippen MR) is 65.5 cm³/mol. The summed E-state index contributed by atoms with van der Waals surface area (Å²) in [5.41, 5.74) is 1.23. The van der Waals surface area contributed by atoms with Gasteiger partial charge in [0.15, 0.2) is 5.65 Å². The van der Waals surface area contributed by atoms with Gasteiger partial charge in [-0.3, -0.25) is 4.98 Å². The maximum Gasteiger partial charge on any atom is 0.221 e. The summed E-state index contributed by atoms with van der Waals surface area (Å²) in [4.78, 5) is 12.4. The van der Waals surface area contributed by atoms with E-state index in [-0.39, 0.29) is 5.75 Å². The minimum absolute atomic E-state index is 0.146. The highest BCUT2D eigenvalue weighted by molar-refractivity contribution is 5.69. The number of rotatable bonds is 2. The SMILES string of the molecule is Oc1cccc(Oc2ccc3nccnc3n2)c1. The van der Waals surface area contributed by atoms with Crippen LogP contribution in [0.1, 0.15) is 0 Å². The van der Waals surface area contributed by atoms with Gasteiger partial charge < -0.3 is 9.84 Å². The Bertz CT molecular complexity index is 700. The van der Waals surface area contributed by atoms with Crippen LogP contribution in [-0.2, 0) is 0 Å². The van der Waals surface area contributed by atoms with Gasteiger partial charge in [-0.1, -0.05) is 6.07 Å². The molecule has 0 amide bonds. The predicted octanol–water partition coefficient (Wildman–Crippen LogP) is 2.52. The number of aromatic nitrogens is 3. The molecular weight excluding hydrogens is 230 g/mol. The van der Waals surface area contributed by atoms with Crippen molar-refractivity contribution in [3.8, 4) is 17.4 Å². The molecular formula is C13H9N3O2. The Morgan fingerprint density at radius 2 is 1.89 bits per heavy atom. The van der Waals surface area contributed by atoms with Crippen LogP contribution in [0.3, 0.4) is 0 Å². The highest BCUT2D eigenvalue weighted by atomic mass is 16.5. The maximum atomic E-state index is 9.34. The lowest BCUT2D eigenvalue weighted by atomic mass is 10.3. The second-order valence-electron chi connectivity index (χ2n) is 3.65. The Morgan fingerprint density at radius 3 is 2.78 bits per heavy atom. The van der Waals surface area contributed by atoms with Gasteiger partial charge in [0.25, 0.3) is 0 Å². The number of fused-ring (bicyclic) bond motifs is 1. The van der Waals surface area contributed by atoms with Crippen molar-refractivity contribution in [2.45, 2.75) is 0 Å². The summed E-state index contributed by atoms with van der Waals surface area (Å²) in [6, 6.07) is 10.0. The first-order chi connectivity index (χ1) is 8.81. The third kappa shape index (κ3) is 2.06. The fourth-order valence-corrected chi connectivity index (χ4v) is 1.56. The molecule has 0 unspecified atom stereocenters. The molecule has 2 heterocycles. The van der Waals surface area contributed by atoms with Gasteiger partial charge in [-0.05, 0) is 18.2 Å². The number of ether oxygens (including phenoxy) is 1. The molecule has 5 nitrogen and oxygen atoms in total. The maximum absolute atomic E-state index is 9.34. The topological polar surface area (TPSA) is 68.1 Å². The summed E-state index contributed by atoms with van der Waals surface area (Å²) in [5, 5.41) is 9.34. The van der Waals surface area contributed by atoms with Crippen molar-refractivity contribution in [3.63, 3.8) is 0 Å². The van der Waals surface area contributed by atoms with Crippen molar-refractivity contribution >= 4 is 11.2 Å². The van der Waals surface area contributed by atoms with Crippen LogP contribution >= 0.6 is 0 Å². The van der Waals surface area contributed by atoms with Crippen molar-refractivity contribution in [1.82, 2.24) is 15.0 Å². The standard InChI is InChI=1S/C13H9N3O2/c17-9-2-1-3-10(8-9)18-12-5-4-11-13(16-12)15-7-6-14-11/h1-8,17H. The first kappa shape index (κ1) is 10.5. The fraction of sp³-hybridized carbons (Fsp3) is 0. The van der Waals surface area contributed by atoms with Crippen LogP contribution in [-0.4, -0.2) is 20.1 Å². The minimum Gasteiger partial charge on any atom is -0.508 e. The van der Waals surface area contributed by atoms with E-state index in [1.54, 1.807) is 42.7 Å². The number of benzene rings is 1. The van der Waals surface area contributed by atoms with E-state index < -0.39 is 0 Å². The van der Waals surface area contributed by atoms with Gasteiger partial charge in [0.1, 0.15) is 17.0 Å². The van der Waals surface area contributed by atoms with Crippen molar-refractivity contribution < 1.29 is 9.84 Å². The highest BCUT2D eigenvalue weighted by Crippen LogP contribution is 2.23. The molecule has 0 bridgehead atoms. The molecule has 3 rings (SSSR count). The second kappa shape index (κ2) is 4.29. The van der Waals surface area contributed by atoms with E-state index in [2.05, 4.69) is 15.0 Å². The first-order valence-corrected chi connectivity index (χ1v) is 5.36. The van der Waals surface area contributed by atoms with Gasteiger partial charge in [-0.15, -0.1) is 0 Å². The monoisotopic (exact) mass is 239 g/mol. The number of nitrogens with zero attached hydrogens (tertiary/aromatic N) is 3. The van der Waals surface area contributed by atoms with E-state index in [0.29, 0.717) is 22.8 Å².